The standard InChI is InChI=1S/C20H19ClFN3O/c1-13(2)12-23-20(26)19-11-18(16-8-3-4-9-17(16)22)24-25(19)15-7-5-6-14(21)10-15/h3-11,13H,12H2,1-2H3,(H,23,26). The Morgan fingerprint density at radius 1 is 1.19 bits per heavy atom. The van der Waals surface area contributed by atoms with Crippen molar-refractivity contribution in [1.82, 2.24) is 15.1 Å². The Morgan fingerprint density at radius 3 is 2.65 bits per heavy atom. The summed E-state index contributed by atoms with van der Waals surface area (Å²) in [6.45, 7) is 4.56. The molecule has 0 saturated carbocycles. The van der Waals surface area contributed by atoms with E-state index in [1.165, 1.54) is 10.7 Å². The van der Waals surface area contributed by atoms with E-state index in [0.29, 0.717) is 40.1 Å². The molecule has 3 aromatic rings. The highest BCUT2D eigenvalue weighted by molar-refractivity contribution is 6.30. The molecule has 1 N–H and O–H groups in total. The van der Waals surface area contributed by atoms with Crippen LogP contribution in [0.2, 0.25) is 5.02 Å². The lowest BCUT2D eigenvalue weighted by Crippen LogP contribution is -2.29. The van der Waals surface area contributed by atoms with E-state index in [9.17, 15) is 9.18 Å². The van der Waals surface area contributed by atoms with Gasteiger partial charge in [0.2, 0.25) is 0 Å². The molecular weight excluding hydrogens is 353 g/mol. The van der Waals surface area contributed by atoms with Crippen LogP contribution in [0.3, 0.4) is 0 Å². The van der Waals surface area contributed by atoms with E-state index >= 15 is 0 Å². The Morgan fingerprint density at radius 2 is 1.96 bits per heavy atom. The Kier molecular flexibility index (Phi) is 5.38. The number of rotatable bonds is 5. The van der Waals surface area contributed by atoms with Crippen molar-refractivity contribution in [3.8, 4) is 16.9 Å². The minimum absolute atomic E-state index is 0.270. The summed E-state index contributed by atoms with van der Waals surface area (Å²) < 4.78 is 15.7. The molecule has 0 unspecified atom stereocenters. The van der Waals surface area contributed by atoms with Crippen molar-refractivity contribution in [2.75, 3.05) is 6.54 Å². The predicted molar refractivity (Wildman–Crippen MR) is 101 cm³/mol. The monoisotopic (exact) mass is 371 g/mol. The van der Waals surface area contributed by atoms with Gasteiger partial charge in [0.15, 0.2) is 0 Å². The molecule has 0 aliphatic carbocycles. The molecule has 134 valence electrons. The topological polar surface area (TPSA) is 46.9 Å². The average molecular weight is 372 g/mol. The molecule has 0 radical (unpaired) electrons. The van der Waals surface area contributed by atoms with Gasteiger partial charge in [-0.25, -0.2) is 9.07 Å². The zero-order valence-corrected chi connectivity index (χ0v) is 15.3. The number of hydrogen-bond donors (Lipinski definition) is 1. The van der Waals surface area contributed by atoms with Gasteiger partial charge in [-0.15, -0.1) is 0 Å². The zero-order valence-electron chi connectivity index (χ0n) is 14.5. The summed E-state index contributed by atoms with van der Waals surface area (Å²) in [5.74, 6) is -0.348. The maximum Gasteiger partial charge on any atom is 0.270 e. The fourth-order valence-corrected chi connectivity index (χ4v) is 2.72. The SMILES string of the molecule is CC(C)CNC(=O)c1cc(-c2ccccc2F)nn1-c1cccc(Cl)c1. The maximum absolute atomic E-state index is 14.2. The van der Waals surface area contributed by atoms with Crippen LogP contribution in [0.4, 0.5) is 4.39 Å². The van der Waals surface area contributed by atoms with E-state index in [1.807, 2.05) is 13.8 Å². The second kappa shape index (κ2) is 7.70. The lowest BCUT2D eigenvalue weighted by molar-refractivity contribution is 0.0941. The Hall–Kier alpha value is -2.66. The van der Waals surface area contributed by atoms with Crippen LogP contribution in [-0.4, -0.2) is 22.2 Å². The lowest BCUT2D eigenvalue weighted by atomic mass is 10.1. The predicted octanol–water partition coefficient (Wildman–Crippen LogP) is 4.72. The summed E-state index contributed by atoms with van der Waals surface area (Å²) in [6.07, 6.45) is 0. The lowest BCUT2D eigenvalue weighted by Gasteiger charge is -2.10. The molecule has 6 heteroatoms. The van der Waals surface area contributed by atoms with Gasteiger partial charge in [-0.1, -0.05) is 43.6 Å². The number of aromatic nitrogens is 2. The van der Waals surface area contributed by atoms with Crippen molar-refractivity contribution in [2.45, 2.75) is 13.8 Å². The van der Waals surface area contributed by atoms with Crippen LogP contribution in [0.5, 0.6) is 0 Å². The quantitative estimate of drug-likeness (QED) is 0.705. The number of carbonyl (C=O) groups excluding carboxylic acids is 1. The molecule has 0 saturated heterocycles. The molecule has 0 bridgehead atoms. The van der Waals surface area contributed by atoms with Crippen molar-refractivity contribution < 1.29 is 9.18 Å². The van der Waals surface area contributed by atoms with Crippen molar-refractivity contribution in [3.05, 3.63) is 71.1 Å². The molecular formula is C20H19ClFN3O. The van der Waals surface area contributed by atoms with Crippen LogP contribution < -0.4 is 5.32 Å². The first-order chi connectivity index (χ1) is 12.5. The number of benzene rings is 2. The van der Waals surface area contributed by atoms with E-state index < -0.39 is 5.82 Å². The molecule has 4 nitrogen and oxygen atoms in total. The maximum atomic E-state index is 14.2. The van der Waals surface area contributed by atoms with E-state index in [2.05, 4.69) is 10.4 Å². The third-order valence-corrected chi connectivity index (χ3v) is 4.05. The third kappa shape index (κ3) is 3.94. The van der Waals surface area contributed by atoms with Crippen molar-refractivity contribution >= 4 is 17.5 Å². The van der Waals surface area contributed by atoms with Crippen LogP contribution in [0.15, 0.2) is 54.6 Å². The number of nitrogens with one attached hydrogen (secondary N) is 1. The van der Waals surface area contributed by atoms with E-state index in [4.69, 9.17) is 11.6 Å². The van der Waals surface area contributed by atoms with Crippen LogP contribution in [0.1, 0.15) is 24.3 Å². The van der Waals surface area contributed by atoms with Crippen molar-refractivity contribution in [1.29, 1.82) is 0 Å². The Balaban J connectivity index is 2.09. The van der Waals surface area contributed by atoms with Gasteiger partial charge in [0.1, 0.15) is 11.5 Å². The highest BCUT2D eigenvalue weighted by Crippen LogP contribution is 2.25. The number of halogens is 2. The fraction of sp³-hybridized carbons (Fsp3) is 0.200. The van der Waals surface area contributed by atoms with E-state index in [0.717, 1.165) is 0 Å². The van der Waals surface area contributed by atoms with Gasteiger partial charge in [0.25, 0.3) is 5.91 Å². The molecule has 0 aliphatic rings. The molecule has 1 aromatic heterocycles. The van der Waals surface area contributed by atoms with Gasteiger partial charge in [-0.2, -0.15) is 5.10 Å². The number of hydrogen-bond acceptors (Lipinski definition) is 2. The second-order valence-corrected chi connectivity index (χ2v) is 6.83. The van der Waals surface area contributed by atoms with Crippen LogP contribution in [0.25, 0.3) is 16.9 Å². The fourth-order valence-electron chi connectivity index (χ4n) is 2.54. The molecule has 0 fully saturated rings. The van der Waals surface area contributed by atoms with Crippen LogP contribution >= 0.6 is 11.6 Å². The molecule has 3 rings (SSSR count). The Labute approximate surface area is 156 Å². The number of nitrogens with zero attached hydrogens (tertiary/aromatic N) is 2. The molecule has 0 atom stereocenters. The van der Waals surface area contributed by atoms with Gasteiger partial charge >= 0.3 is 0 Å². The van der Waals surface area contributed by atoms with Gasteiger partial charge in [0, 0.05) is 17.1 Å². The van der Waals surface area contributed by atoms with Crippen molar-refractivity contribution in [2.24, 2.45) is 5.92 Å². The summed E-state index contributed by atoms with van der Waals surface area (Å²) in [6, 6.07) is 15.0. The molecule has 1 amide bonds. The highest BCUT2D eigenvalue weighted by atomic mass is 35.5. The van der Waals surface area contributed by atoms with Crippen LogP contribution in [-0.2, 0) is 0 Å². The number of amides is 1. The summed E-state index contributed by atoms with van der Waals surface area (Å²) in [7, 11) is 0. The van der Waals surface area contributed by atoms with Gasteiger partial charge in [0.05, 0.1) is 11.4 Å². The highest BCUT2D eigenvalue weighted by Gasteiger charge is 2.19. The summed E-state index contributed by atoms with van der Waals surface area (Å²) in [5, 5.41) is 7.86. The molecule has 1 heterocycles. The van der Waals surface area contributed by atoms with Gasteiger partial charge in [-0.05, 0) is 42.3 Å². The van der Waals surface area contributed by atoms with E-state index in [-0.39, 0.29) is 5.91 Å². The first-order valence-electron chi connectivity index (χ1n) is 8.35. The normalized spacial score (nSPS) is 11.0. The van der Waals surface area contributed by atoms with E-state index in [1.54, 1.807) is 48.5 Å². The zero-order chi connectivity index (χ0) is 18.7. The molecule has 0 aliphatic heterocycles. The summed E-state index contributed by atoms with van der Waals surface area (Å²) in [5.41, 5.74) is 1.69. The Bertz CT molecular complexity index is 936. The molecule has 2 aromatic carbocycles. The number of carbonyl (C=O) groups is 1. The first-order valence-corrected chi connectivity index (χ1v) is 8.72. The molecule has 0 spiro atoms. The largest absolute Gasteiger partial charge is 0.350 e. The first kappa shape index (κ1) is 18.1. The third-order valence-electron chi connectivity index (χ3n) is 3.82. The smallest absolute Gasteiger partial charge is 0.270 e. The molecule has 26 heavy (non-hydrogen) atoms. The van der Waals surface area contributed by atoms with Crippen LogP contribution in [0, 0.1) is 11.7 Å². The average Bonchev–Trinajstić information content (AvgIpc) is 3.05. The minimum Gasteiger partial charge on any atom is -0.350 e. The second-order valence-electron chi connectivity index (χ2n) is 6.39. The minimum atomic E-state index is -0.391. The summed E-state index contributed by atoms with van der Waals surface area (Å²) in [4.78, 5) is 12.7. The van der Waals surface area contributed by atoms with Crippen molar-refractivity contribution in [3.63, 3.8) is 0 Å². The van der Waals surface area contributed by atoms with Gasteiger partial charge in [-0.3, -0.25) is 4.79 Å². The summed E-state index contributed by atoms with van der Waals surface area (Å²) >= 11 is 6.08. The van der Waals surface area contributed by atoms with Gasteiger partial charge < -0.3 is 5.32 Å².